The fourth-order valence-electron chi connectivity index (χ4n) is 3.16. The van der Waals surface area contributed by atoms with Crippen LogP contribution in [0.1, 0.15) is 33.0 Å². The Balaban J connectivity index is 1.79. The highest BCUT2D eigenvalue weighted by atomic mass is 35.5. The van der Waals surface area contributed by atoms with Gasteiger partial charge in [-0.25, -0.2) is 0 Å². The van der Waals surface area contributed by atoms with Gasteiger partial charge in [-0.05, 0) is 59.1 Å². The number of carbonyl (C=O) groups excluding carboxylic acids is 1. The van der Waals surface area contributed by atoms with Gasteiger partial charge in [-0.15, -0.1) is 0 Å². The number of carbonyl (C=O) groups is 1. The van der Waals surface area contributed by atoms with Crippen LogP contribution in [-0.4, -0.2) is 34.2 Å². The number of nitrogens with one attached hydrogen (secondary N) is 1. The van der Waals surface area contributed by atoms with Gasteiger partial charge in [0.2, 0.25) is 0 Å². The molecular weight excluding hydrogens is 458 g/mol. The number of allylic oxidation sites excluding steroid dienone is 1. The van der Waals surface area contributed by atoms with Crippen LogP contribution < -0.4 is 5.32 Å². The van der Waals surface area contributed by atoms with Crippen molar-refractivity contribution in [2.24, 2.45) is 0 Å². The zero-order chi connectivity index (χ0) is 22.1. The Morgan fingerprint density at radius 2 is 1.83 bits per heavy atom. The van der Waals surface area contributed by atoms with Crippen LogP contribution in [0.4, 0.5) is 13.2 Å². The highest BCUT2D eigenvalue weighted by Gasteiger charge is 2.39. The van der Waals surface area contributed by atoms with Crippen molar-refractivity contribution in [2.45, 2.75) is 25.1 Å². The van der Waals surface area contributed by atoms with Crippen LogP contribution >= 0.6 is 23.2 Å². The topological polar surface area (TPSA) is 52.2 Å². The number of benzene rings is 2. The lowest BCUT2D eigenvalue weighted by Gasteiger charge is -2.29. The van der Waals surface area contributed by atoms with E-state index in [1.165, 1.54) is 24.3 Å². The molecule has 1 amide bonds. The third-order valence-corrected chi connectivity index (χ3v) is 6.67. The predicted octanol–water partition coefficient (Wildman–Crippen LogP) is 5.52. The molecule has 160 valence electrons. The van der Waals surface area contributed by atoms with E-state index in [1.807, 2.05) is 0 Å². The highest BCUT2D eigenvalue weighted by Crippen LogP contribution is 2.38. The van der Waals surface area contributed by atoms with Crippen LogP contribution in [0, 0.1) is 6.92 Å². The van der Waals surface area contributed by atoms with Crippen LogP contribution in [0.2, 0.25) is 10.0 Å². The maximum Gasteiger partial charge on any atom is 0.399 e. The molecule has 9 heteroatoms. The molecule has 1 saturated heterocycles. The van der Waals surface area contributed by atoms with E-state index in [2.05, 4.69) is 5.32 Å². The van der Waals surface area contributed by atoms with Gasteiger partial charge in [0.15, 0.2) is 0 Å². The third-order valence-electron chi connectivity index (χ3n) is 4.68. The first-order valence-corrected chi connectivity index (χ1v) is 11.2. The van der Waals surface area contributed by atoms with E-state index in [4.69, 9.17) is 23.2 Å². The Morgan fingerprint density at radius 1 is 1.20 bits per heavy atom. The second-order valence-electron chi connectivity index (χ2n) is 7.10. The second-order valence-corrected chi connectivity index (χ2v) is 9.52. The number of aryl methyl sites for hydroxylation is 1. The van der Waals surface area contributed by atoms with Gasteiger partial charge in [0.05, 0.1) is 5.92 Å². The summed E-state index contributed by atoms with van der Waals surface area (Å²) in [4.78, 5) is 12.3. The van der Waals surface area contributed by atoms with Crippen molar-refractivity contribution in [1.82, 2.24) is 5.32 Å². The summed E-state index contributed by atoms with van der Waals surface area (Å²) in [6.45, 7) is 1.71. The van der Waals surface area contributed by atoms with Gasteiger partial charge in [0.1, 0.15) is 17.5 Å². The van der Waals surface area contributed by atoms with Gasteiger partial charge in [-0.2, -0.15) is 13.2 Å². The Kier molecular flexibility index (Phi) is 7.07. The number of hydrogen-bond donors (Lipinski definition) is 1. The molecule has 1 fully saturated rings. The van der Waals surface area contributed by atoms with Crippen LogP contribution in [-0.2, 0) is 11.2 Å². The first-order valence-electron chi connectivity index (χ1n) is 9.00. The normalized spacial score (nSPS) is 20.1. The van der Waals surface area contributed by atoms with E-state index >= 15 is 0 Å². The van der Waals surface area contributed by atoms with Crippen molar-refractivity contribution in [1.29, 1.82) is 0 Å². The minimum absolute atomic E-state index is 0.0538. The molecule has 1 N–H and O–H groups in total. The average molecular weight is 476 g/mol. The van der Waals surface area contributed by atoms with Gasteiger partial charge < -0.3 is 9.87 Å². The lowest BCUT2D eigenvalue weighted by Crippen LogP contribution is -2.53. The van der Waals surface area contributed by atoms with Gasteiger partial charge in [-0.1, -0.05) is 47.5 Å². The summed E-state index contributed by atoms with van der Waals surface area (Å²) >= 11 is 10.8. The zero-order valence-corrected chi connectivity index (χ0v) is 18.1. The first kappa shape index (κ1) is 23.0. The number of rotatable bonds is 5. The fraction of sp³-hybridized carbons (Fsp3) is 0.286. The highest BCUT2D eigenvalue weighted by molar-refractivity contribution is 7.92. The Morgan fingerprint density at radius 3 is 2.37 bits per heavy atom. The maximum absolute atomic E-state index is 13.6. The van der Waals surface area contributed by atoms with Crippen molar-refractivity contribution in [3.8, 4) is 0 Å². The molecule has 0 radical (unpaired) electrons. The van der Waals surface area contributed by atoms with Gasteiger partial charge in [0, 0.05) is 15.6 Å². The molecule has 1 atom stereocenters. The molecule has 2 aromatic carbocycles. The lowest BCUT2D eigenvalue weighted by atomic mass is 9.96. The number of amides is 1. The molecule has 1 heterocycles. The Hall–Kier alpha value is -1.67. The molecule has 1 unspecified atom stereocenters. The number of alkyl halides is 3. The van der Waals surface area contributed by atoms with Gasteiger partial charge in [0.25, 0.3) is 5.91 Å². The SMILES string of the molecule is Cc1cc(/C=C/C(c2cc(Cl)cc(Cl)c2)C(F)(F)F)ccc1C(=O)N[C@H]1C[S@@+]([O-])C1. The van der Waals surface area contributed by atoms with Crippen LogP contribution in [0.3, 0.4) is 0 Å². The maximum atomic E-state index is 13.6. The van der Waals surface area contributed by atoms with Gasteiger partial charge >= 0.3 is 6.18 Å². The lowest BCUT2D eigenvalue weighted by molar-refractivity contribution is -0.139. The smallest absolute Gasteiger partial charge is 0.399 e. The molecule has 0 saturated carbocycles. The van der Waals surface area contributed by atoms with Crippen LogP contribution in [0.5, 0.6) is 0 Å². The second kappa shape index (κ2) is 9.22. The number of hydrogen-bond acceptors (Lipinski definition) is 2. The van der Waals surface area contributed by atoms with Crippen molar-refractivity contribution in [2.75, 3.05) is 11.5 Å². The zero-order valence-electron chi connectivity index (χ0n) is 15.8. The molecule has 0 aliphatic carbocycles. The van der Waals surface area contributed by atoms with E-state index in [0.717, 1.165) is 6.08 Å². The summed E-state index contributed by atoms with van der Waals surface area (Å²) < 4.78 is 51.9. The minimum atomic E-state index is -4.53. The van der Waals surface area contributed by atoms with Crippen LogP contribution in [0.25, 0.3) is 6.08 Å². The summed E-state index contributed by atoms with van der Waals surface area (Å²) in [5.41, 5.74) is 1.53. The average Bonchev–Trinajstić information content (AvgIpc) is 2.58. The molecule has 0 aromatic heterocycles. The number of halogens is 5. The Labute approximate surface area is 185 Å². The molecule has 3 nitrogen and oxygen atoms in total. The molecule has 0 spiro atoms. The molecular formula is C21H18Cl2F3NO2S. The van der Waals surface area contributed by atoms with E-state index in [1.54, 1.807) is 25.1 Å². The predicted molar refractivity (Wildman–Crippen MR) is 115 cm³/mol. The van der Waals surface area contributed by atoms with Gasteiger partial charge in [-0.3, -0.25) is 4.79 Å². The summed E-state index contributed by atoms with van der Waals surface area (Å²) in [5, 5.41) is 3.05. The van der Waals surface area contributed by atoms with E-state index < -0.39 is 23.3 Å². The summed E-state index contributed by atoms with van der Waals surface area (Å²) in [6, 6.07) is 8.54. The van der Waals surface area contributed by atoms with Crippen molar-refractivity contribution < 1.29 is 22.5 Å². The first-order chi connectivity index (χ1) is 14.0. The molecule has 0 bridgehead atoms. The van der Waals surface area contributed by atoms with Crippen molar-refractivity contribution >= 4 is 46.4 Å². The summed E-state index contributed by atoms with van der Waals surface area (Å²) in [6.07, 6.45) is -2.13. The largest absolute Gasteiger partial charge is 0.616 e. The van der Waals surface area contributed by atoms with E-state index in [0.29, 0.717) is 28.2 Å². The summed E-state index contributed by atoms with van der Waals surface area (Å²) in [7, 11) is 0. The molecule has 30 heavy (non-hydrogen) atoms. The Bertz CT molecular complexity index is 955. The minimum Gasteiger partial charge on any atom is -0.616 e. The fourth-order valence-corrected chi connectivity index (χ4v) is 4.67. The standard InChI is InChI=1S/C21H18Cl2F3NO2S/c1-12-6-13(2-4-18(12)20(28)27-17-10-30(29)11-17)3-5-19(21(24,25)26)14-7-15(22)9-16(23)8-14/h2-9,17,19H,10-11H2,1H3,(H,27,28)/b5-3+/t17-,19?,30+. The molecule has 3 rings (SSSR count). The van der Waals surface area contributed by atoms with Crippen molar-refractivity contribution in [3.63, 3.8) is 0 Å². The quantitative estimate of drug-likeness (QED) is 0.578. The monoisotopic (exact) mass is 475 g/mol. The van der Waals surface area contributed by atoms with Crippen molar-refractivity contribution in [3.05, 3.63) is 74.8 Å². The van der Waals surface area contributed by atoms with E-state index in [9.17, 15) is 22.5 Å². The molecule has 1 aliphatic heterocycles. The van der Waals surface area contributed by atoms with E-state index in [-0.39, 0.29) is 27.6 Å². The molecule has 2 aromatic rings. The third kappa shape index (κ3) is 5.72. The molecule has 1 aliphatic rings. The van der Waals surface area contributed by atoms with Crippen LogP contribution in [0.15, 0.2) is 42.5 Å². The summed E-state index contributed by atoms with van der Waals surface area (Å²) in [5.74, 6) is -1.28.